The number of halogens is 1. The normalized spacial score (nSPS) is 9.50. The third-order valence-electron chi connectivity index (χ3n) is 1.25. The zero-order chi connectivity index (χ0) is 7.56. The average molecular weight is 174 g/mol. The van der Waals surface area contributed by atoms with Gasteiger partial charge in [0.1, 0.15) is 0 Å². The molecule has 0 aliphatic heterocycles. The molecule has 0 heterocycles. The summed E-state index contributed by atoms with van der Waals surface area (Å²) in [5, 5.41) is 0.727. The first-order valence-electron chi connectivity index (χ1n) is 2.84. The van der Waals surface area contributed by atoms with Gasteiger partial charge in [-0.05, 0) is 30.7 Å². The summed E-state index contributed by atoms with van der Waals surface area (Å²) in [7, 11) is 2.94. The van der Waals surface area contributed by atoms with Crippen LogP contribution in [0.2, 0.25) is 5.02 Å². The molecule has 1 aromatic rings. The molecule has 1 rings (SSSR count). The molecule has 0 N–H and O–H groups in total. The van der Waals surface area contributed by atoms with Gasteiger partial charge in [-0.1, -0.05) is 11.6 Å². The summed E-state index contributed by atoms with van der Waals surface area (Å²) in [6.45, 7) is 1.93. The number of aryl methyl sites for hydroxylation is 1. The van der Waals surface area contributed by atoms with Gasteiger partial charge in [-0.15, -0.1) is 0 Å². The molecule has 3 heteroatoms. The SMILES string of the molecule is Cc1cc(Cl)ccc1O[PH-]. The standard InChI is InChI=1S/C7H7ClOP/c1-5-4-6(8)2-3-7(5)9-10/h2-4,10H,1H3/q-1. The smallest absolute Gasteiger partial charge is 0.0871 e. The van der Waals surface area contributed by atoms with Crippen LogP contribution in [0.1, 0.15) is 5.56 Å². The van der Waals surface area contributed by atoms with Crippen molar-refractivity contribution in [1.29, 1.82) is 0 Å². The molecular formula is C7H7ClOP-. The second kappa shape index (κ2) is 3.23. The van der Waals surface area contributed by atoms with Gasteiger partial charge in [0.25, 0.3) is 0 Å². The lowest BCUT2D eigenvalue weighted by atomic mass is 10.2. The van der Waals surface area contributed by atoms with Crippen LogP contribution in [0.3, 0.4) is 0 Å². The van der Waals surface area contributed by atoms with Crippen LogP contribution in [0.25, 0.3) is 0 Å². The van der Waals surface area contributed by atoms with Crippen molar-refractivity contribution in [3.8, 4) is 5.75 Å². The molecule has 0 fully saturated rings. The van der Waals surface area contributed by atoms with E-state index in [1.807, 2.05) is 19.1 Å². The summed E-state index contributed by atoms with van der Waals surface area (Å²) in [5.41, 5.74) is 1.02. The van der Waals surface area contributed by atoms with E-state index in [1.165, 1.54) is 0 Å². The minimum Gasteiger partial charge on any atom is -0.673 e. The minimum absolute atomic E-state index is 0.727. The van der Waals surface area contributed by atoms with Crippen molar-refractivity contribution in [2.45, 2.75) is 6.92 Å². The lowest BCUT2D eigenvalue weighted by molar-refractivity contribution is 0.640. The fourth-order valence-electron chi connectivity index (χ4n) is 0.727. The minimum atomic E-state index is 0.727. The molecule has 0 unspecified atom stereocenters. The van der Waals surface area contributed by atoms with Crippen molar-refractivity contribution in [1.82, 2.24) is 0 Å². The number of benzene rings is 1. The molecule has 0 aromatic heterocycles. The highest BCUT2D eigenvalue weighted by Gasteiger charge is 1.93. The summed E-state index contributed by atoms with van der Waals surface area (Å²) < 4.78 is 4.85. The lowest BCUT2D eigenvalue weighted by Gasteiger charge is -2.11. The first kappa shape index (κ1) is 7.84. The van der Waals surface area contributed by atoms with Crippen LogP contribution in [0.5, 0.6) is 5.75 Å². The molecule has 0 spiro atoms. The van der Waals surface area contributed by atoms with Gasteiger partial charge in [0.15, 0.2) is 0 Å². The summed E-state index contributed by atoms with van der Waals surface area (Å²) in [4.78, 5) is 0. The predicted molar refractivity (Wildman–Crippen MR) is 45.1 cm³/mol. The van der Waals surface area contributed by atoms with Gasteiger partial charge in [0, 0.05) is 5.02 Å². The molecule has 1 aromatic carbocycles. The van der Waals surface area contributed by atoms with Crippen LogP contribution >= 0.6 is 21.1 Å². The van der Waals surface area contributed by atoms with E-state index >= 15 is 0 Å². The predicted octanol–water partition coefficient (Wildman–Crippen LogP) is 3.09. The Bertz CT molecular complexity index is 237. The molecule has 0 amide bonds. The summed E-state index contributed by atoms with van der Waals surface area (Å²) >= 11 is 5.70. The number of hydrogen-bond donors (Lipinski definition) is 0. The average Bonchev–Trinajstić information content (AvgIpc) is 1.88. The van der Waals surface area contributed by atoms with Gasteiger partial charge in [0.05, 0.1) is 5.75 Å². The maximum atomic E-state index is 5.70. The monoisotopic (exact) mass is 173 g/mol. The van der Waals surface area contributed by atoms with Crippen LogP contribution in [-0.4, -0.2) is 0 Å². The topological polar surface area (TPSA) is 9.23 Å². The van der Waals surface area contributed by atoms with Gasteiger partial charge in [-0.3, -0.25) is 0 Å². The highest BCUT2D eigenvalue weighted by atomic mass is 35.5. The highest BCUT2D eigenvalue weighted by Crippen LogP contribution is 2.22. The fourth-order valence-corrected chi connectivity index (χ4v) is 1.18. The molecule has 0 radical (unpaired) electrons. The van der Waals surface area contributed by atoms with E-state index in [4.69, 9.17) is 16.1 Å². The summed E-state index contributed by atoms with van der Waals surface area (Å²) in [5.74, 6) is 0.793. The summed E-state index contributed by atoms with van der Waals surface area (Å²) in [6.07, 6.45) is 0. The molecular weight excluding hydrogens is 167 g/mol. The zero-order valence-electron chi connectivity index (χ0n) is 5.52. The lowest BCUT2D eigenvalue weighted by Crippen LogP contribution is -1.78. The van der Waals surface area contributed by atoms with Gasteiger partial charge in [-0.2, -0.15) is 0 Å². The van der Waals surface area contributed by atoms with Crippen molar-refractivity contribution in [2.75, 3.05) is 0 Å². The second-order valence-electron chi connectivity index (χ2n) is 2.01. The van der Waals surface area contributed by atoms with E-state index in [9.17, 15) is 0 Å². The van der Waals surface area contributed by atoms with Gasteiger partial charge in [0.2, 0.25) is 0 Å². The molecule has 1 nitrogen and oxygen atoms in total. The quantitative estimate of drug-likeness (QED) is 0.593. The molecule has 54 valence electrons. The van der Waals surface area contributed by atoms with Crippen molar-refractivity contribution in [3.05, 3.63) is 28.8 Å². The Labute approximate surface area is 67.6 Å². The van der Waals surface area contributed by atoms with Crippen molar-refractivity contribution in [3.63, 3.8) is 0 Å². The Kier molecular flexibility index (Phi) is 2.53. The van der Waals surface area contributed by atoms with E-state index < -0.39 is 0 Å². The van der Waals surface area contributed by atoms with Crippen molar-refractivity contribution >= 4 is 21.1 Å². The molecule has 0 saturated heterocycles. The van der Waals surface area contributed by atoms with E-state index in [2.05, 4.69) is 9.47 Å². The van der Waals surface area contributed by atoms with E-state index in [0.29, 0.717) is 0 Å². The number of hydrogen-bond acceptors (Lipinski definition) is 1. The Morgan fingerprint density at radius 1 is 1.50 bits per heavy atom. The molecule has 0 saturated carbocycles. The van der Waals surface area contributed by atoms with E-state index in [-0.39, 0.29) is 0 Å². The molecule has 0 bridgehead atoms. The van der Waals surface area contributed by atoms with Gasteiger partial charge >= 0.3 is 0 Å². The van der Waals surface area contributed by atoms with Crippen molar-refractivity contribution in [2.24, 2.45) is 0 Å². The van der Waals surface area contributed by atoms with Crippen LogP contribution in [-0.2, 0) is 0 Å². The van der Waals surface area contributed by atoms with Crippen LogP contribution < -0.4 is 4.52 Å². The Balaban J connectivity index is 3.07. The van der Waals surface area contributed by atoms with Gasteiger partial charge in [-0.25, -0.2) is 0 Å². The van der Waals surface area contributed by atoms with E-state index in [1.54, 1.807) is 6.07 Å². The fraction of sp³-hybridized carbons (Fsp3) is 0.143. The summed E-state index contributed by atoms with van der Waals surface area (Å²) in [6, 6.07) is 5.44. The largest absolute Gasteiger partial charge is 0.673 e. The van der Waals surface area contributed by atoms with E-state index in [0.717, 1.165) is 16.3 Å². The molecule has 0 aliphatic rings. The Morgan fingerprint density at radius 2 is 2.20 bits per heavy atom. The van der Waals surface area contributed by atoms with Crippen molar-refractivity contribution < 1.29 is 4.52 Å². The Morgan fingerprint density at radius 3 is 2.70 bits per heavy atom. The van der Waals surface area contributed by atoms with Crippen LogP contribution in [0, 0.1) is 6.92 Å². The second-order valence-corrected chi connectivity index (χ2v) is 2.65. The van der Waals surface area contributed by atoms with Crippen LogP contribution in [0.15, 0.2) is 18.2 Å². The Hall–Kier alpha value is -0.260. The zero-order valence-corrected chi connectivity index (χ0v) is 7.27. The molecule has 10 heavy (non-hydrogen) atoms. The molecule has 0 atom stereocenters. The molecule has 0 aliphatic carbocycles. The van der Waals surface area contributed by atoms with Gasteiger partial charge < -0.3 is 14.0 Å². The third kappa shape index (κ3) is 1.62. The maximum absolute atomic E-state index is 5.70. The number of rotatable bonds is 1. The first-order valence-corrected chi connectivity index (χ1v) is 3.62. The third-order valence-corrected chi connectivity index (χ3v) is 1.70. The highest BCUT2D eigenvalue weighted by molar-refractivity contribution is 7.10. The van der Waals surface area contributed by atoms with Crippen LogP contribution in [0.4, 0.5) is 0 Å². The maximum Gasteiger partial charge on any atom is 0.0871 e. The first-order chi connectivity index (χ1) is 4.74.